The molecule has 1 rings (SSSR count). The van der Waals surface area contributed by atoms with Gasteiger partial charge in [-0.25, -0.2) is 8.42 Å². The van der Waals surface area contributed by atoms with Gasteiger partial charge in [-0.3, -0.25) is 9.79 Å². The number of rotatable bonds is 8. The van der Waals surface area contributed by atoms with E-state index in [1.807, 2.05) is 6.92 Å². The molecule has 0 unspecified atom stereocenters. The van der Waals surface area contributed by atoms with Crippen LogP contribution in [-0.4, -0.2) is 58.5 Å². The van der Waals surface area contributed by atoms with Crippen LogP contribution in [0.15, 0.2) is 4.99 Å². The number of nitrogens with one attached hydrogen (secondary N) is 3. The molecular weight excluding hydrogens is 280 g/mol. The van der Waals surface area contributed by atoms with Crippen molar-refractivity contribution in [3.63, 3.8) is 0 Å². The van der Waals surface area contributed by atoms with E-state index in [0.29, 0.717) is 25.6 Å². The summed E-state index contributed by atoms with van der Waals surface area (Å²) >= 11 is 0. The van der Waals surface area contributed by atoms with Gasteiger partial charge in [0, 0.05) is 31.8 Å². The quantitative estimate of drug-likeness (QED) is 0.307. The molecule has 1 saturated carbocycles. The summed E-state index contributed by atoms with van der Waals surface area (Å²) in [6, 6.07) is 0. The third-order valence-electron chi connectivity index (χ3n) is 2.74. The fourth-order valence-electron chi connectivity index (χ4n) is 1.52. The molecule has 7 nitrogen and oxygen atoms in total. The van der Waals surface area contributed by atoms with Crippen LogP contribution in [0.2, 0.25) is 0 Å². The topological polar surface area (TPSA) is 99.7 Å². The minimum absolute atomic E-state index is 0.0298. The minimum atomic E-state index is -2.99. The molecule has 1 fully saturated rings. The monoisotopic (exact) mass is 304 g/mol. The Balaban J connectivity index is 2.23. The van der Waals surface area contributed by atoms with E-state index in [1.54, 1.807) is 0 Å². The van der Waals surface area contributed by atoms with Crippen molar-refractivity contribution in [3.8, 4) is 0 Å². The van der Waals surface area contributed by atoms with E-state index < -0.39 is 9.84 Å². The zero-order chi connectivity index (χ0) is 15.0. The van der Waals surface area contributed by atoms with Crippen molar-refractivity contribution < 1.29 is 13.2 Å². The van der Waals surface area contributed by atoms with Gasteiger partial charge in [0.15, 0.2) is 5.96 Å². The van der Waals surface area contributed by atoms with Crippen LogP contribution in [0.3, 0.4) is 0 Å². The molecule has 0 spiro atoms. The molecule has 0 heterocycles. The molecule has 0 bridgehead atoms. The summed E-state index contributed by atoms with van der Waals surface area (Å²) in [6.07, 6.45) is 3.18. The highest BCUT2D eigenvalue weighted by molar-refractivity contribution is 7.90. The Kier molecular flexibility index (Phi) is 6.77. The highest BCUT2D eigenvalue weighted by atomic mass is 32.2. The summed E-state index contributed by atoms with van der Waals surface area (Å²) in [6.45, 7) is 3.94. The number of hydrogen-bond donors (Lipinski definition) is 3. The van der Waals surface area contributed by atoms with Crippen LogP contribution in [0.25, 0.3) is 0 Å². The Bertz CT molecular complexity index is 444. The predicted octanol–water partition coefficient (Wildman–Crippen LogP) is -0.888. The molecule has 1 aliphatic carbocycles. The Morgan fingerprint density at radius 2 is 1.85 bits per heavy atom. The van der Waals surface area contributed by atoms with Crippen molar-refractivity contribution in [2.75, 3.05) is 38.2 Å². The summed E-state index contributed by atoms with van der Waals surface area (Å²) in [4.78, 5) is 15.6. The second kappa shape index (κ2) is 8.08. The molecule has 0 atom stereocenters. The first-order valence-electron chi connectivity index (χ1n) is 6.90. The van der Waals surface area contributed by atoms with E-state index in [9.17, 15) is 13.2 Å². The van der Waals surface area contributed by atoms with Crippen molar-refractivity contribution >= 4 is 21.7 Å². The van der Waals surface area contributed by atoms with Gasteiger partial charge in [-0.1, -0.05) is 0 Å². The molecule has 1 amide bonds. The van der Waals surface area contributed by atoms with E-state index in [-0.39, 0.29) is 24.1 Å². The molecule has 0 aromatic rings. The van der Waals surface area contributed by atoms with Crippen molar-refractivity contribution in [2.24, 2.45) is 10.9 Å². The molecule has 20 heavy (non-hydrogen) atoms. The fraction of sp³-hybridized carbons (Fsp3) is 0.833. The Hall–Kier alpha value is -1.31. The average molecular weight is 304 g/mol. The molecule has 8 heteroatoms. The number of sulfone groups is 1. The third-order valence-corrected chi connectivity index (χ3v) is 3.67. The zero-order valence-electron chi connectivity index (χ0n) is 12.1. The lowest BCUT2D eigenvalue weighted by atomic mass is 10.4. The van der Waals surface area contributed by atoms with Gasteiger partial charge in [0.2, 0.25) is 5.91 Å². The lowest BCUT2D eigenvalue weighted by molar-refractivity contribution is -0.122. The highest BCUT2D eigenvalue weighted by Crippen LogP contribution is 2.28. The van der Waals surface area contributed by atoms with Crippen LogP contribution < -0.4 is 16.0 Å². The maximum Gasteiger partial charge on any atom is 0.223 e. The van der Waals surface area contributed by atoms with E-state index in [0.717, 1.165) is 12.8 Å². The summed E-state index contributed by atoms with van der Waals surface area (Å²) in [5.41, 5.74) is 0. The first-order valence-corrected chi connectivity index (χ1v) is 8.96. The second-order valence-corrected chi connectivity index (χ2v) is 7.14. The molecule has 0 aliphatic heterocycles. The van der Waals surface area contributed by atoms with Crippen LogP contribution in [0.4, 0.5) is 0 Å². The van der Waals surface area contributed by atoms with Crippen LogP contribution in [0.5, 0.6) is 0 Å². The lowest BCUT2D eigenvalue weighted by Crippen LogP contribution is -2.42. The number of aliphatic imine (C=N–C) groups is 1. The fourth-order valence-corrected chi connectivity index (χ4v) is 1.94. The lowest BCUT2D eigenvalue weighted by Gasteiger charge is -2.11. The van der Waals surface area contributed by atoms with Gasteiger partial charge in [-0.05, 0) is 19.8 Å². The zero-order valence-corrected chi connectivity index (χ0v) is 12.9. The molecule has 0 aromatic heterocycles. The number of nitrogens with zero attached hydrogens (tertiary/aromatic N) is 1. The molecule has 0 saturated heterocycles. The molecular formula is C12H24N4O3S. The van der Waals surface area contributed by atoms with Crippen molar-refractivity contribution in [1.29, 1.82) is 0 Å². The molecule has 1 aliphatic rings. The number of carbonyl (C=O) groups excluding carboxylic acids is 1. The van der Waals surface area contributed by atoms with Crippen LogP contribution in [-0.2, 0) is 14.6 Å². The standard InChI is InChI=1S/C12H24N4O3S/c1-3-13-12(16-8-9-20(2,18)19)15-7-6-14-11(17)10-4-5-10/h10H,3-9H2,1-2H3,(H,14,17)(H2,13,15,16). The van der Waals surface area contributed by atoms with Crippen molar-refractivity contribution in [2.45, 2.75) is 19.8 Å². The number of carbonyl (C=O) groups is 1. The average Bonchev–Trinajstić information content (AvgIpc) is 3.16. The van der Waals surface area contributed by atoms with Crippen molar-refractivity contribution in [3.05, 3.63) is 0 Å². The molecule has 116 valence electrons. The maximum absolute atomic E-state index is 11.4. The number of amides is 1. The minimum Gasteiger partial charge on any atom is -0.357 e. The first-order chi connectivity index (χ1) is 9.42. The van der Waals surface area contributed by atoms with Crippen LogP contribution in [0, 0.1) is 5.92 Å². The van der Waals surface area contributed by atoms with Gasteiger partial charge in [-0.2, -0.15) is 0 Å². The number of hydrogen-bond acceptors (Lipinski definition) is 4. The second-order valence-electron chi connectivity index (χ2n) is 4.88. The van der Waals surface area contributed by atoms with Crippen LogP contribution in [0.1, 0.15) is 19.8 Å². The smallest absolute Gasteiger partial charge is 0.223 e. The van der Waals surface area contributed by atoms with E-state index in [4.69, 9.17) is 0 Å². The van der Waals surface area contributed by atoms with E-state index >= 15 is 0 Å². The molecule has 0 radical (unpaired) electrons. The first kappa shape index (κ1) is 16.7. The molecule has 0 aromatic carbocycles. The Labute approximate surface area is 120 Å². The Morgan fingerprint density at radius 3 is 2.40 bits per heavy atom. The third kappa shape index (κ3) is 7.98. The van der Waals surface area contributed by atoms with Gasteiger partial charge in [0.05, 0.1) is 12.3 Å². The van der Waals surface area contributed by atoms with Gasteiger partial charge < -0.3 is 16.0 Å². The normalized spacial score (nSPS) is 15.8. The maximum atomic E-state index is 11.4. The summed E-state index contributed by atoms with van der Waals surface area (Å²) in [7, 11) is -2.99. The molecule has 3 N–H and O–H groups in total. The number of guanidine groups is 1. The highest BCUT2D eigenvalue weighted by Gasteiger charge is 2.28. The summed E-state index contributed by atoms with van der Waals surface area (Å²) < 4.78 is 22.0. The van der Waals surface area contributed by atoms with Crippen LogP contribution >= 0.6 is 0 Å². The predicted molar refractivity (Wildman–Crippen MR) is 79.4 cm³/mol. The van der Waals surface area contributed by atoms with E-state index in [2.05, 4.69) is 20.9 Å². The summed E-state index contributed by atoms with van der Waals surface area (Å²) in [5.74, 6) is 0.927. The van der Waals surface area contributed by atoms with Gasteiger partial charge in [-0.15, -0.1) is 0 Å². The SMILES string of the molecule is CCNC(=NCCS(C)(=O)=O)NCCNC(=O)C1CC1. The van der Waals surface area contributed by atoms with Gasteiger partial charge >= 0.3 is 0 Å². The van der Waals surface area contributed by atoms with Gasteiger partial charge in [0.25, 0.3) is 0 Å². The van der Waals surface area contributed by atoms with E-state index in [1.165, 1.54) is 6.26 Å². The largest absolute Gasteiger partial charge is 0.357 e. The van der Waals surface area contributed by atoms with Crippen molar-refractivity contribution in [1.82, 2.24) is 16.0 Å². The van der Waals surface area contributed by atoms with Gasteiger partial charge in [0.1, 0.15) is 9.84 Å². The summed E-state index contributed by atoms with van der Waals surface area (Å²) in [5, 5.41) is 8.92. The Morgan fingerprint density at radius 1 is 1.20 bits per heavy atom.